The van der Waals surface area contributed by atoms with Crippen LogP contribution in [-0.4, -0.2) is 56.8 Å². The van der Waals surface area contributed by atoms with Crippen LogP contribution in [0.3, 0.4) is 0 Å². The second kappa shape index (κ2) is 7.95. The van der Waals surface area contributed by atoms with Gasteiger partial charge in [0.25, 0.3) is 6.43 Å². The zero-order valence-electron chi connectivity index (χ0n) is 10.8. The van der Waals surface area contributed by atoms with E-state index < -0.39 is 13.0 Å². The Morgan fingerprint density at radius 3 is 2.82 bits per heavy atom. The average Bonchev–Trinajstić information content (AvgIpc) is 2.69. The highest BCUT2D eigenvalue weighted by molar-refractivity contribution is 4.77. The molecule has 1 aliphatic heterocycles. The Bertz CT molecular complexity index is 203. The van der Waals surface area contributed by atoms with Crippen LogP contribution in [0.1, 0.15) is 20.3 Å². The van der Waals surface area contributed by atoms with Gasteiger partial charge in [0.15, 0.2) is 0 Å². The lowest BCUT2D eigenvalue weighted by atomic mass is 10.1. The summed E-state index contributed by atoms with van der Waals surface area (Å²) in [4.78, 5) is 2.29. The van der Waals surface area contributed by atoms with Crippen molar-refractivity contribution in [3.63, 3.8) is 0 Å². The maximum atomic E-state index is 11.8. The number of hydrogen-bond donors (Lipinski definition) is 1. The Morgan fingerprint density at radius 2 is 2.18 bits per heavy atom. The molecule has 0 bridgehead atoms. The summed E-state index contributed by atoms with van der Waals surface area (Å²) in [6, 6.07) is 0.526. The Balaban J connectivity index is 2.01. The van der Waals surface area contributed by atoms with Gasteiger partial charge in [-0.25, -0.2) is 8.78 Å². The van der Waals surface area contributed by atoms with Gasteiger partial charge < -0.3 is 15.0 Å². The van der Waals surface area contributed by atoms with E-state index in [9.17, 15) is 8.78 Å². The molecular formula is C12H24F2N2O. The molecule has 1 atom stereocenters. The number of nitrogens with zero attached hydrogens (tertiary/aromatic N) is 1. The summed E-state index contributed by atoms with van der Waals surface area (Å²) >= 11 is 0. The predicted molar refractivity (Wildman–Crippen MR) is 64.5 cm³/mol. The summed E-state index contributed by atoms with van der Waals surface area (Å²) in [5, 5.41) is 3.43. The van der Waals surface area contributed by atoms with Crippen LogP contribution in [0, 0.1) is 5.92 Å². The zero-order chi connectivity index (χ0) is 12.7. The average molecular weight is 250 g/mol. The van der Waals surface area contributed by atoms with Gasteiger partial charge in [-0.3, -0.25) is 0 Å². The molecule has 0 aromatic heterocycles. The van der Waals surface area contributed by atoms with Crippen LogP contribution in [-0.2, 0) is 4.74 Å². The van der Waals surface area contributed by atoms with E-state index in [0.717, 1.165) is 26.2 Å². The van der Waals surface area contributed by atoms with Gasteiger partial charge in [0.05, 0.1) is 6.61 Å². The highest BCUT2D eigenvalue weighted by Gasteiger charge is 2.21. The SMILES string of the molecule is CC(C)NCC1CCN(CCOCC(F)F)C1. The second-order valence-corrected chi connectivity index (χ2v) is 4.98. The van der Waals surface area contributed by atoms with Gasteiger partial charge in [-0.1, -0.05) is 13.8 Å². The van der Waals surface area contributed by atoms with Gasteiger partial charge in [0.1, 0.15) is 6.61 Å². The lowest BCUT2D eigenvalue weighted by molar-refractivity contribution is 0.0112. The molecule has 0 saturated carbocycles. The number of rotatable bonds is 8. The Labute approximate surface area is 103 Å². The summed E-state index contributed by atoms with van der Waals surface area (Å²) < 4.78 is 28.5. The van der Waals surface area contributed by atoms with E-state index in [1.807, 2.05) is 0 Å². The van der Waals surface area contributed by atoms with E-state index in [4.69, 9.17) is 4.74 Å². The first-order valence-corrected chi connectivity index (χ1v) is 6.39. The molecule has 0 radical (unpaired) electrons. The maximum Gasteiger partial charge on any atom is 0.261 e. The van der Waals surface area contributed by atoms with Gasteiger partial charge in [0, 0.05) is 19.1 Å². The Hall–Kier alpha value is -0.260. The monoisotopic (exact) mass is 250 g/mol. The fraction of sp³-hybridized carbons (Fsp3) is 1.00. The molecule has 3 nitrogen and oxygen atoms in total. The molecule has 1 rings (SSSR count). The smallest absolute Gasteiger partial charge is 0.261 e. The summed E-state index contributed by atoms with van der Waals surface area (Å²) in [6.45, 7) is 8.19. The summed E-state index contributed by atoms with van der Waals surface area (Å²) in [5.74, 6) is 0.687. The topological polar surface area (TPSA) is 24.5 Å². The minimum Gasteiger partial charge on any atom is -0.374 e. The molecule has 1 heterocycles. The van der Waals surface area contributed by atoms with Crippen LogP contribution in [0.5, 0.6) is 0 Å². The standard InChI is InChI=1S/C12H24F2N2O/c1-10(2)15-7-11-3-4-16(8-11)5-6-17-9-12(13)14/h10-12,15H,3-9H2,1-2H3. The summed E-state index contributed by atoms with van der Waals surface area (Å²) in [7, 11) is 0. The van der Waals surface area contributed by atoms with Crippen molar-refractivity contribution in [3.05, 3.63) is 0 Å². The minimum absolute atomic E-state index is 0.411. The molecule has 1 fully saturated rings. The van der Waals surface area contributed by atoms with Crippen LogP contribution in [0.15, 0.2) is 0 Å². The first kappa shape index (κ1) is 14.8. The van der Waals surface area contributed by atoms with E-state index in [1.54, 1.807) is 0 Å². The van der Waals surface area contributed by atoms with Crippen molar-refractivity contribution >= 4 is 0 Å². The molecule has 0 aromatic carbocycles. The first-order chi connectivity index (χ1) is 8.08. The number of likely N-dealkylation sites (tertiary alicyclic amines) is 1. The van der Waals surface area contributed by atoms with Crippen LogP contribution in [0.4, 0.5) is 8.78 Å². The summed E-state index contributed by atoms with van der Waals surface area (Å²) in [6.07, 6.45) is -1.16. The third kappa shape index (κ3) is 6.91. The van der Waals surface area contributed by atoms with Gasteiger partial charge >= 0.3 is 0 Å². The van der Waals surface area contributed by atoms with Crippen LogP contribution < -0.4 is 5.32 Å². The normalized spacial score (nSPS) is 21.9. The van der Waals surface area contributed by atoms with Gasteiger partial charge in [0.2, 0.25) is 0 Å². The third-order valence-electron chi connectivity index (χ3n) is 2.98. The second-order valence-electron chi connectivity index (χ2n) is 4.98. The molecular weight excluding hydrogens is 226 g/mol. The molecule has 17 heavy (non-hydrogen) atoms. The van der Waals surface area contributed by atoms with Gasteiger partial charge in [-0.2, -0.15) is 0 Å². The van der Waals surface area contributed by atoms with Crippen molar-refractivity contribution in [3.8, 4) is 0 Å². The van der Waals surface area contributed by atoms with Crippen LogP contribution >= 0.6 is 0 Å². The molecule has 102 valence electrons. The van der Waals surface area contributed by atoms with Crippen molar-refractivity contribution in [2.24, 2.45) is 5.92 Å². The number of nitrogens with one attached hydrogen (secondary N) is 1. The van der Waals surface area contributed by atoms with E-state index in [0.29, 0.717) is 18.6 Å². The largest absolute Gasteiger partial charge is 0.374 e. The molecule has 1 N–H and O–H groups in total. The summed E-state index contributed by atoms with van der Waals surface area (Å²) in [5.41, 5.74) is 0. The van der Waals surface area contributed by atoms with Crippen molar-refractivity contribution in [2.45, 2.75) is 32.7 Å². The molecule has 0 aromatic rings. The lowest BCUT2D eigenvalue weighted by Gasteiger charge is -2.17. The van der Waals surface area contributed by atoms with Crippen LogP contribution in [0.2, 0.25) is 0 Å². The molecule has 0 spiro atoms. The fourth-order valence-corrected chi connectivity index (χ4v) is 2.05. The zero-order valence-corrected chi connectivity index (χ0v) is 10.8. The Morgan fingerprint density at radius 1 is 1.41 bits per heavy atom. The first-order valence-electron chi connectivity index (χ1n) is 6.39. The van der Waals surface area contributed by atoms with Crippen molar-refractivity contribution in [2.75, 3.05) is 39.4 Å². The fourth-order valence-electron chi connectivity index (χ4n) is 2.05. The van der Waals surface area contributed by atoms with E-state index >= 15 is 0 Å². The van der Waals surface area contributed by atoms with Crippen molar-refractivity contribution < 1.29 is 13.5 Å². The van der Waals surface area contributed by atoms with Crippen molar-refractivity contribution in [1.29, 1.82) is 0 Å². The Kier molecular flexibility index (Phi) is 6.92. The van der Waals surface area contributed by atoms with Crippen molar-refractivity contribution in [1.82, 2.24) is 10.2 Å². The maximum absolute atomic E-state index is 11.8. The highest BCUT2D eigenvalue weighted by atomic mass is 19.3. The molecule has 1 unspecified atom stereocenters. The van der Waals surface area contributed by atoms with Gasteiger partial charge in [-0.05, 0) is 25.4 Å². The molecule has 5 heteroatoms. The minimum atomic E-state index is -2.35. The highest BCUT2D eigenvalue weighted by Crippen LogP contribution is 2.14. The van der Waals surface area contributed by atoms with Crippen LogP contribution in [0.25, 0.3) is 0 Å². The number of halogens is 2. The number of hydrogen-bond acceptors (Lipinski definition) is 3. The molecule has 0 amide bonds. The molecule has 0 aliphatic carbocycles. The molecule has 1 aliphatic rings. The predicted octanol–water partition coefficient (Wildman–Crippen LogP) is 1.59. The van der Waals surface area contributed by atoms with E-state index in [-0.39, 0.29) is 0 Å². The number of alkyl halides is 2. The van der Waals surface area contributed by atoms with E-state index in [1.165, 1.54) is 6.42 Å². The quantitative estimate of drug-likeness (QED) is 0.662. The third-order valence-corrected chi connectivity index (χ3v) is 2.98. The molecule has 1 saturated heterocycles. The number of ether oxygens (including phenoxy) is 1. The van der Waals surface area contributed by atoms with Gasteiger partial charge in [-0.15, -0.1) is 0 Å². The lowest BCUT2D eigenvalue weighted by Crippen LogP contribution is -2.31. The van der Waals surface area contributed by atoms with E-state index in [2.05, 4.69) is 24.1 Å².